The van der Waals surface area contributed by atoms with Crippen molar-refractivity contribution in [1.29, 1.82) is 0 Å². The van der Waals surface area contributed by atoms with Crippen LogP contribution in [0.1, 0.15) is 6.92 Å². The zero-order valence-corrected chi connectivity index (χ0v) is 14.2. The Morgan fingerprint density at radius 1 is 1.21 bits per heavy atom. The molecule has 1 aliphatic rings. The molecule has 0 saturated carbocycles. The molecule has 1 saturated heterocycles. The van der Waals surface area contributed by atoms with E-state index in [0.717, 1.165) is 32.7 Å². The monoisotopic (exact) mass is 336 g/mol. The molecule has 1 atom stereocenters. The van der Waals surface area contributed by atoms with E-state index in [4.69, 9.17) is 0 Å². The lowest BCUT2D eigenvalue weighted by Crippen LogP contribution is -2.47. The summed E-state index contributed by atoms with van der Waals surface area (Å²) in [4.78, 5) is 28.3. The molecule has 7 heteroatoms. The highest BCUT2D eigenvalue weighted by Crippen LogP contribution is 2.09. The number of halogens is 1. The topological polar surface area (TPSA) is 64.7 Å². The average Bonchev–Trinajstić information content (AvgIpc) is 2.54. The standard InChI is InChI=1S/C17H25FN4O2/c1-13(12-22-8-6-21(2)7-9-22)11-19-16(23)17(24)20-15-5-3-4-14(18)10-15/h3-5,10,13H,6-9,11-12H2,1-2H3,(H,19,23)(H,20,24)/t13-/m0/s1. The van der Waals surface area contributed by atoms with Crippen LogP contribution in [-0.4, -0.2) is 67.9 Å². The first-order valence-electron chi connectivity index (χ1n) is 8.19. The van der Waals surface area contributed by atoms with Crippen LogP contribution in [0.4, 0.5) is 10.1 Å². The Morgan fingerprint density at radius 3 is 2.58 bits per heavy atom. The van der Waals surface area contributed by atoms with E-state index in [1.54, 1.807) is 0 Å². The van der Waals surface area contributed by atoms with E-state index in [2.05, 4.69) is 27.5 Å². The Morgan fingerprint density at radius 2 is 1.92 bits per heavy atom. The maximum Gasteiger partial charge on any atom is 0.313 e. The summed E-state index contributed by atoms with van der Waals surface area (Å²) in [6.45, 7) is 7.51. The minimum absolute atomic E-state index is 0.249. The van der Waals surface area contributed by atoms with E-state index in [1.807, 2.05) is 6.92 Å². The molecule has 1 aromatic rings. The van der Waals surface area contributed by atoms with Crippen molar-refractivity contribution in [3.63, 3.8) is 0 Å². The molecular formula is C17H25FN4O2. The minimum atomic E-state index is -0.785. The summed E-state index contributed by atoms with van der Waals surface area (Å²) in [5.41, 5.74) is 0.264. The van der Waals surface area contributed by atoms with Crippen LogP contribution in [-0.2, 0) is 9.59 Å². The zero-order valence-electron chi connectivity index (χ0n) is 14.2. The summed E-state index contributed by atoms with van der Waals surface area (Å²) < 4.78 is 13.1. The first kappa shape index (κ1) is 18.4. The van der Waals surface area contributed by atoms with Gasteiger partial charge < -0.3 is 20.4 Å². The van der Waals surface area contributed by atoms with E-state index in [-0.39, 0.29) is 11.6 Å². The molecule has 0 aromatic heterocycles. The van der Waals surface area contributed by atoms with Gasteiger partial charge >= 0.3 is 11.8 Å². The molecule has 2 amide bonds. The molecule has 6 nitrogen and oxygen atoms in total. The summed E-state index contributed by atoms with van der Waals surface area (Å²) in [5.74, 6) is -1.70. The third-order valence-corrected chi connectivity index (χ3v) is 4.07. The summed E-state index contributed by atoms with van der Waals surface area (Å²) in [5, 5.41) is 5.02. The second-order valence-electron chi connectivity index (χ2n) is 6.38. The van der Waals surface area contributed by atoms with E-state index in [9.17, 15) is 14.0 Å². The van der Waals surface area contributed by atoms with Gasteiger partial charge in [-0.15, -0.1) is 0 Å². The van der Waals surface area contributed by atoms with E-state index in [1.165, 1.54) is 24.3 Å². The molecule has 1 heterocycles. The van der Waals surface area contributed by atoms with Crippen LogP contribution in [0, 0.1) is 11.7 Å². The van der Waals surface area contributed by atoms with Crippen LogP contribution >= 0.6 is 0 Å². The fourth-order valence-corrected chi connectivity index (χ4v) is 2.64. The van der Waals surface area contributed by atoms with Gasteiger partial charge in [0.05, 0.1) is 0 Å². The molecule has 0 radical (unpaired) electrons. The molecule has 0 spiro atoms. The Kier molecular flexibility index (Phi) is 6.69. The number of amides is 2. The summed E-state index contributed by atoms with van der Waals surface area (Å²) in [7, 11) is 2.11. The van der Waals surface area contributed by atoms with Crippen LogP contribution in [0.25, 0.3) is 0 Å². The highest BCUT2D eigenvalue weighted by atomic mass is 19.1. The number of rotatable bonds is 5. The number of nitrogens with zero attached hydrogens (tertiary/aromatic N) is 2. The van der Waals surface area contributed by atoms with Gasteiger partial charge in [0.25, 0.3) is 0 Å². The van der Waals surface area contributed by atoms with Crippen molar-refractivity contribution in [1.82, 2.24) is 15.1 Å². The van der Waals surface area contributed by atoms with Crippen LogP contribution in [0.5, 0.6) is 0 Å². The summed E-state index contributed by atoms with van der Waals surface area (Å²) >= 11 is 0. The Labute approximate surface area is 142 Å². The second-order valence-corrected chi connectivity index (χ2v) is 6.38. The quantitative estimate of drug-likeness (QED) is 0.780. The number of hydrogen-bond donors (Lipinski definition) is 2. The molecule has 0 bridgehead atoms. The largest absolute Gasteiger partial charge is 0.348 e. The number of carbonyl (C=O) groups excluding carboxylic acids is 2. The Hall–Kier alpha value is -1.99. The molecule has 2 rings (SSSR count). The lowest BCUT2D eigenvalue weighted by Gasteiger charge is -2.33. The van der Waals surface area contributed by atoms with Gasteiger partial charge in [-0.3, -0.25) is 9.59 Å². The predicted octanol–water partition coefficient (Wildman–Crippen LogP) is 0.764. The molecule has 0 aliphatic carbocycles. The summed E-state index contributed by atoms with van der Waals surface area (Å²) in [6.07, 6.45) is 0. The fraction of sp³-hybridized carbons (Fsp3) is 0.529. The number of nitrogens with one attached hydrogen (secondary N) is 2. The maximum atomic E-state index is 13.1. The van der Waals surface area contributed by atoms with Crippen molar-refractivity contribution in [2.75, 3.05) is 51.6 Å². The molecular weight excluding hydrogens is 311 g/mol. The first-order valence-corrected chi connectivity index (χ1v) is 8.19. The summed E-state index contributed by atoms with van der Waals surface area (Å²) in [6, 6.07) is 5.45. The molecule has 1 fully saturated rings. The van der Waals surface area contributed by atoms with Crippen molar-refractivity contribution in [2.45, 2.75) is 6.92 Å². The third-order valence-electron chi connectivity index (χ3n) is 4.07. The highest BCUT2D eigenvalue weighted by molar-refractivity contribution is 6.39. The number of benzene rings is 1. The average molecular weight is 336 g/mol. The van der Waals surface area contributed by atoms with Crippen LogP contribution < -0.4 is 10.6 Å². The van der Waals surface area contributed by atoms with E-state index >= 15 is 0 Å². The van der Waals surface area contributed by atoms with Crippen molar-refractivity contribution < 1.29 is 14.0 Å². The molecule has 132 valence electrons. The van der Waals surface area contributed by atoms with Gasteiger partial charge in [0.15, 0.2) is 0 Å². The van der Waals surface area contributed by atoms with E-state index in [0.29, 0.717) is 6.54 Å². The lowest BCUT2D eigenvalue weighted by atomic mass is 10.1. The molecule has 1 aromatic carbocycles. The van der Waals surface area contributed by atoms with Crippen molar-refractivity contribution in [3.8, 4) is 0 Å². The SMILES string of the molecule is C[C@@H](CNC(=O)C(=O)Nc1cccc(F)c1)CN1CCN(C)CC1. The smallest absolute Gasteiger partial charge is 0.313 e. The zero-order chi connectivity index (χ0) is 17.5. The van der Waals surface area contributed by atoms with Gasteiger partial charge in [0.2, 0.25) is 0 Å². The van der Waals surface area contributed by atoms with Crippen molar-refractivity contribution in [3.05, 3.63) is 30.1 Å². The number of hydrogen-bond acceptors (Lipinski definition) is 4. The van der Waals surface area contributed by atoms with Gasteiger partial charge in [-0.2, -0.15) is 0 Å². The maximum absolute atomic E-state index is 13.1. The molecule has 2 N–H and O–H groups in total. The van der Waals surface area contributed by atoms with Gasteiger partial charge in [-0.05, 0) is 31.2 Å². The second kappa shape index (κ2) is 8.75. The van der Waals surface area contributed by atoms with Crippen molar-refractivity contribution >= 4 is 17.5 Å². The van der Waals surface area contributed by atoms with Gasteiger partial charge in [0.1, 0.15) is 5.82 Å². The number of likely N-dealkylation sites (N-methyl/N-ethyl adjacent to an activating group) is 1. The Balaban J connectivity index is 1.70. The number of anilines is 1. The van der Waals surface area contributed by atoms with E-state index < -0.39 is 17.6 Å². The minimum Gasteiger partial charge on any atom is -0.348 e. The third kappa shape index (κ3) is 5.90. The van der Waals surface area contributed by atoms with Crippen LogP contribution in [0.3, 0.4) is 0 Å². The Bertz CT molecular complexity index is 573. The lowest BCUT2D eigenvalue weighted by molar-refractivity contribution is -0.136. The van der Waals surface area contributed by atoms with Crippen molar-refractivity contribution in [2.24, 2.45) is 5.92 Å². The van der Waals surface area contributed by atoms with Crippen LogP contribution in [0.15, 0.2) is 24.3 Å². The fourth-order valence-electron chi connectivity index (χ4n) is 2.64. The van der Waals surface area contributed by atoms with Gasteiger partial charge in [0, 0.05) is 45.0 Å². The molecule has 0 unspecified atom stereocenters. The first-order chi connectivity index (χ1) is 11.4. The number of piperazine rings is 1. The highest BCUT2D eigenvalue weighted by Gasteiger charge is 2.18. The van der Waals surface area contributed by atoms with Crippen LogP contribution in [0.2, 0.25) is 0 Å². The van der Waals surface area contributed by atoms with Gasteiger partial charge in [-0.1, -0.05) is 13.0 Å². The molecule has 1 aliphatic heterocycles. The molecule has 24 heavy (non-hydrogen) atoms. The predicted molar refractivity (Wildman–Crippen MR) is 91.1 cm³/mol. The normalized spacial score (nSPS) is 17.3. The number of carbonyl (C=O) groups is 2. The van der Waals surface area contributed by atoms with Gasteiger partial charge in [-0.25, -0.2) is 4.39 Å².